The van der Waals surface area contributed by atoms with Gasteiger partial charge in [-0.15, -0.1) is 0 Å². The van der Waals surface area contributed by atoms with Gasteiger partial charge in [-0.2, -0.15) is 10.4 Å². The number of anilines is 1. The van der Waals surface area contributed by atoms with Crippen LogP contribution in [-0.2, 0) is 11.2 Å². The molecule has 1 heterocycles. The van der Waals surface area contributed by atoms with Crippen molar-refractivity contribution >= 4 is 23.0 Å². The molecule has 0 aliphatic heterocycles. The van der Waals surface area contributed by atoms with Gasteiger partial charge in [0.2, 0.25) is 5.91 Å². The summed E-state index contributed by atoms with van der Waals surface area (Å²) in [4.78, 5) is 32.3. The molecule has 11 nitrogen and oxygen atoms in total. The maximum absolute atomic E-state index is 11.5. The standard InChI is InChI=1S/C19H14N6O5/c1-12(26)21-14-4-2-13(3-5-14)18-10-15(8-9-20)22-23(18)17-7-6-16(24(27)28)11-19(17)25(29)30/h2-7,10-11H,8H2,1H3,(H,21,26). The number of benzene rings is 2. The number of nitro groups is 2. The van der Waals surface area contributed by atoms with Crippen LogP contribution in [0.25, 0.3) is 16.9 Å². The quantitative estimate of drug-likeness (QED) is 0.485. The summed E-state index contributed by atoms with van der Waals surface area (Å²) in [5, 5.41) is 38.5. The average Bonchev–Trinajstić information content (AvgIpc) is 3.11. The first kappa shape index (κ1) is 20.2. The number of aromatic nitrogens is 2. The molecule has 1 amide bonds. The Morgan fingerprint density at radius 1 is 1.13 bits per heavy atom. The minimum absolute atomic E-state index is 0.0231. The van der Waals surface area contributed by atoms with Gasteiger partial charge >= 0.3 is 5.69 Å². The van der Waals surface area contributed by atoms with Crippen molar-refractivity contribution in [3.05, 3.63) is 74.5 Å². The molecular formula is C19H14N6O5. The Balaban J connectivity index is 2.16. The molecule has 0 fully saturated rings. The van der Waals surface area contributed by atoms with Crippen molar-refractivity contribution in [1.29, 1.82) is 5.26 Å². The van der Waals surface area contributed by atoms with Gasteiger partial charge in [0.05, 0.1) is 39.8 Å². The number of nitro benzene ring substituents is 2. The van der Waals surface area contributed by atoms with Crippen LogP contribution < -0.4 is 5.32 Å². The lowest BCUT2D eigenvalue weighted by molar-refractivity contribution is -0.394. The summed E-state index contributed by atoms with van der Waals surface area (Å²) in [5.74, 6) is -0.231. The molecule has 0 saturated carbocycles. The number of nitriles is 1. The minimum atomic E-state index is -0.725. The normalized spacial score (nSPS) is 10.3. The van der Waals surface area contributed by atoms with Gasteiger partial charge in [-0.1, -0.05) is 12.1 Å². The summed E-state index contributed by atoms with van der Waals surface area (Å²) < 4.78 is 1.28. The Morgan fingerprint density at radius 3 is 2.40 bits per heavy atom. The van der Waals surface area contributed by atoms with Crippen LogP contribution in [0.4, 0.5) is 17.1 Å². The van der Waals surface area contributed by atoms with Gasteiger partial charge in [-0.05, 0) is 24.3 Å². The SMILES string of the molecule is CC(=O)Nc1ccc(-c2cc(CC#N)nn2-c2ccc([N+](=O)[O-])cc2[N+](=O)[O-])cc1. The summed E-state index contributed by atoms with van der Waals surface area (Å²) >= 11 is 0. The maximum Gasteiger partial charge on any atom is 0.301 e. The van der Waals surface area contributed by atoms with Crippen LogP contribution in [-0.4, -0.2) is 25.5 Å². The van der Waals surface area contributed by atoms with E-state index in [1.807, 2.05) is 6.07 Å². The molecule has 0 atom stereocenters. The molecule has 3 rings (SSSR count). The molecule has 0 spiro atoms. The summed E-state index contributed by atoms with van der Waals surface area (Å²) in [6, 6.07) is 13.5. The van der Waals surface area contributed by atoms with Crippen LogP contribution in [0.5, 0.6) is 0 Å². The molecule has 0 saturated heterocycles. The highest BCUT2D eigenvalue weighted by atomic mass is 16.6. The predicted molar refractivity (Wildman–Crippen MR) is 106 cm³/mol. The van der Waals surface area contributed by atoms with E-state index >= 15 is 0 Å². The number of rotatable bonds is 6. The second-order valence-electron chi connectivity index (χ2n) is 6.21. The van der Waals surface area contributed by atoms with Crippen molar-refractivity contribution in [3.63, 3.8) is 0 Å². The fraction of sp³-hybridized carbons (Fsp3) is 0.105. The van der Waals surface area contributed by atoms with Crippen molar-refractivity contribution in [3.8, 4) is 23.0 Å². The average molecular weight is 406 g/mol. The number of carbonyl (C=O) groups excluding carboxylic acids is 1. The first-order valence-electron chi connectivity index (χ1n) is 8.57. The first-order valence-corrected chi connectivity index (χ1v) is 8.57. The van der Waals surface area contributed by atoms with E-state index in [-0.39, 0.29) is 18.0 Å². The molecule has 11 heteroatoms. The van der Waals surface area contributed by atoms with Crippen LogP contribution in [0.1, 0.15) is 12.6 Å². The Bertz CT molecular complexity index is 1190. The van der Waals surface area contributed by atoms with Crippen molar-refractivity contribution in [2.75, 3.05) is 5.32 Å². The molecule has 3 aromatic rings. The summed E-state index contributed by atoms with van der Waals surface area (Å²) in [6.45, 7) is 1.38. The predicted octanol–water partition coefficient (Wildman–Crippen LogP) is 3.38. The Morgan fingerprint density at radius 2 is 1.83 bits per heavy atom. The minimum Gasteiger partial charge on any atom is -0.326 e. The smallest absolute Gasteiger partial charge is 0.301 e. The zero-order valence-electron chi connectivity index (χ0n) is 15.6. The van der Waals surface area contributed by atoms with Gasteiger partial charge in [0.1, 0.15) is 5.69 Å². The van der Waals surface area contributed by atoms with Crippen molar-refractivity contribution in [1.82, 2.24) is 9.78 Å². The van der Waals surface area contributed by atoms with E-state index in [0.717, 1.165) is 12.1 Å². The second-order valence-corrected chi connectivity index (χ2v) is 6.21. The fourth-order valence-electron chi connectivity index (χ4n) is 2.87. The summed E-state index contributed by atoms with van der Waals surface area (Å²) in [7, 11) is 0. The second kappa shape index (κ2) is 8.19. The van der Waals surface area contributed by atoms with Gasteiger partial charge in [0, 0.05) is 24.2 Å². The lowest BCUT2D eigenvalue weighted by Gasteiger charge is -2.09. The Hall–Kier alpha value is -4.59. The third kappa shape index (κ3) is 4.12. The van der Waals surface area contributed by atoms with Gasteiger partial charge < -0.3 is 5.32 Å². The van der Waals surface area contributed by atoms with Crippen LogP contribution in [0.2, 0.25) is 0 Å². The molecule has 0 radical (unpaired) electrons. The first-order chi connectivity index (χ1) is 14.3. The molecule has 30 heavy (non-hydrogen) atoms. The fourth-order valence-corrected chi connectivity index (χ4v) is 2.87. The third-order valence-corrected chi connectivity index (χ3v) is 4.12. The lowest BCUT2D eigenvalue weighted by Crippen LogP contribution is -2.06. The van der Waals surface area contributed by atoms with E-state index in [1.165, 1.54) is 17.7 Å². The van der Waals surface area contributed by atoms with Crippen LogP contribution in [0, 0.1) is 31.6 Å². The molecule has 150 valence electrons. The number of hydrogen-bond acceptors (Lipinski definition) is 7. The number of nitrogens with one attached hydrogen (secondary N) is 1. The molecule has 0 bridgehead atoms. The number of non-ortho nitro benzene ring substituents is 1. The molecule has 0 aliphatic rings. The molecule has 1 aromatic heterocycles. The largest absolute Gasteiger partial charge is 0.326 e. The molecule has 1 N–H and O–H groups in total. The van der Waals surface area contributed by atoms with E-state index < -0.39 is 21.2 Å². The highest BCUT2D eigenvalue weighted by Gasteiger charge is 2.24. The zero-order chi connectivity index (χ0) is 21.8. The maximum atomic E-state index is 11.5. The summed E-state index contributed by atoms with van der Waals surface area (Å²) in [6.07, 6.45) is -0.0231. The van der Waals surface area contributed by atoms with E-state index in [4.69, 9.17) is 5.26 Å². The lowest BCUT2D eigenvalue weighted by atomic mass is 10.1. The van der Waals surface area contributed by atoms with Gasteiger partial charge in [0.25, 0.3) is 5.69 Å². The summed E-state index contributed by atoms with van der Waals surface area (Å²) in [5.41, 5.74) is 1.13. The molecule has 2 aromatic carbocycles. The van der Waals surface area contributed by atoms with Crippen LogP contribution in [0.15, 0.2) is 48.5 Å². The van der Waals surface area contributed by atoms with E-state index in [9.17, 15) is 25.0 Å². The third-order valence-electron chi connectivity index (χ3n) is 4.12. The molecule has 0 aliphatic carbocycles. The highest BCUT2D eigenvalue weighted by molar-refractivity contribution is 5.89. The topological polar surface area (TPSA) is 157 Å². The van der Waals surface area contributed by atoms with E-state index in [1.54, 1.807) is 30.3 Å². The van der Waals surface area contributed by atoms with Crippen molar-refractivity contribution in [2.24, 2.45) is 0 Å². The Kier molecular flexibility index (Phi) is 5.50. The van der Waals surface area contributed by atoms with Crippen LogP contribution >= 0.6 is 0 Å². The van der Waals surface area contributed by atoms with Gasteiger partial charge in [-0.3, -0.25) is 25.0 Å². The van der Waals surface area contributed by atoms with E-state index in [0.29, 0.717) is 22.6 Å². The van der Waals surface area contributed by atoms with Crippen LogP contribution in [0.3, 0.4) is 0 Å². The van der Waals surface area contributed by atoms with Gasteiger partial charge in [0.15, 0.2) is 0 Å². The Labute approximate surface area is 169 Å². The number of carbonyl (C=O) groups is 1. The number of amides is 1. The molecule has 0 unspecified atom stereocenters. The number of hydrogen-bond donors (Lipinski definition) is 1. The highest BCUT2D eigenvalue weighted by Crippen LogP contribution is 2.32. The van der Waals surface area contributed by atoms with Gasteiger partial charge in [-0.25, -0.2) is 4.68 Å². The molecular weight excluding hydrogens is 392 g/mol. The monoisotopic (exact) mass is 406 g/mol. The van der Waals surface area contributed by atoms with Crippen molar-refractivity contribution in [2.45, 2.75) is 13.3 Å². The zero-order valence-corrected chi connectivity index (χ0v) is 15.6. The van der Waals surface area contributed by atoms with Crippen molar-refractivity contribution < 1.29 is 14.6 Å². The van der Waals surface area contributed by atoms with E-state index in [2.05, 4.69) is 10.4 Å². The number of nitrogens with zero attached hydrogens (tertiary/aromatic N) is 5.